The molecule has 2 heterocycles. The maximum atomic E-state index is 11.7. The van der Waals surface area contributed by atoms with Gasteiger partial charge in [0.1, 0.15) is 11.2 Å². The van der Waals surface area contributed by atoms with Gasteiger partial charge in [-0.3, -0.25) is 10.4 Å². The molecule has 3 rings (SSSR count). The Kier molecular flexibility index (Phi) is 5.36. The Morgan fingerprint density at radius 2 is 1.96 bits per heavy atom. The third kappa shape index (κ3) is 4.00. The maximum Gasteiger partial charge on any atom is 0.425 e. The average molecular weight is 337 g/mol. The van der Waals surface area contributed by atoms with Crippen LogP contribution in [0.5, 0.6) is 0 Å². The van der Waals surface area contributed by atoms with Crippen molar-refractivity contribution in [3.05, 3.63) is 48.7 Å². The molecule has 7 heteroatoms. The van der Waals surface area contributed by atoms with Crippen molar-refractivity contribution >= 4 is 22.8 Å². The van der Waals surface area contributed by atoms with E-state index in [-0.39, 0.29) is 0 Å². The Labute approximate surface area is 145 Å². The Balaban J connectivity index is 1.82. The number of fused-ring (bicyclic) bond motifs is 1. The number of carbonyl (C=O) groups is 1. The molecule has 128 valence electrons. The second-order valence-corrected chi connectivity index (χ2v) is 5.40. The number of hydrazine groups is 1. The van der Waals surface area contributed by atoms with Crippen molar-refractivity contribution in [3.8, 4) is 11.3 Å². The molecule has 1 amide bonds. The van der Waals surface area contributed by atoms with Crippen LogP contribution in [0, 0.1) is 0 Å². The highest BCUT2D eigenvalue weighted by Gasteiger charge is 2.12. The second-order valence-electron chi connectivity index (χ2n) is 5.40. The Morgan fingerprint density at radius 3 is 2.76 bits per heavy atom. The fraction of sp³-hybridized carbons (Fsp3) is 0.222. The van der Waals surface area contributed by atoms with Crippen molar-refractivity contribution < 1.29 is 9.53 Å². The number of nitrogens with zero attached hydrogens (tertiary/aromatic N) is 3. The number of rotatable bonds is 6. The van der Waals surface area contributed by atoms with Crippen LogP contribution in [0.4, 0.5) is 10.6 Å². The van der Waals surface area contributed by atoms with Crippen LogP contribution in [0.25, 0.3) is 22.2 Å². The Bertz CT molecular complexity index is 854. The minimum Gasteiger partial charge on any atom is -0.448 e. The van der Waals surface area contributed by atoms with E-state index >= 15 is 0 Å². The minimum atomic E-state index is -0.556. The summed E-state index contributed by atoms with van der Waals surface area (Å²) in [5.74, 6) is 0.412. The summed E-state index contributed by atoms with van der Waals surface area (Å²) in [6.07, 6.45) is 2.93. The molecule has 1 aromatic carbocycles. The summed E-state index contributed by atoms with van der Waals surface area (Å²) in [7, 11) is 0. The summed E-state index contributed by atoms with van der Waals surface area (Å²) in [6, 6.07) is 13.4. The van der Waals surface area contributed by atoms with E-state index in [9.17, 15) is 4.79 Å². The number of ether oxygens (including phenoxy) is 1. The fourth-order valence-corrected chi connectivity index (χ4v) is 2.32. The lowest BCUT2D eigenvalue weighted by Crippen LogP contribution is -2.31. The standard InChI is InChI=1S/C18H19N5O2/c1-2-3-12-25-18(24)23-22-17-14-10-7-11-19-16(14)15(20-21-17)13-8-5-4-6-9-13/h4-11H,2-3,12H2,1H3,(H,21,22)(H,23,24). The molecule has 0 aliphatic heterocycles. The van der Waals surface area contributed by atoms with E-state index in [1.54, 1.807) is 6.20 Å². The number of hydrogen-bond acceptors (Lipinski definition) is 6. The van der Waals surface area contributed by atoms with Gasteiger partial charge in [-0.2, -0.15) is 0 Å². The van der Waals surface area contributed by atoms with E-state index < -0.39 is 6.09 Å². The Hall–Kier alpha value is -3.22. The van der Waals surface area contributed by atoms with Crippen LogP contribution < -0.4 is 10.9 Å². The quantitative estimate of drug-likeness (QED) is 0.528. The van der Waals surface area contributed by atoms with E-state index in [1.165, 1.54) is 0 Å². The molecule has 0 aliphatic rings. The van der Waals surface area contributed by atoms with E-state index in [1.807, 2.05) is 49.4 Å². The molecule has 0 saturated heterocycles. The van der Waals surface area contributed by atoms with Crippen LogP contribution in [0.3, 0.4) is 0 Å². The van der Waals surface area contributed by atoms with Crippen molar-refractivity contribution in [1.82, 2.24) is 20.6 Å². The normalized spacial score (nSPS) is 10.4. The zero-order valence-electron chi connectivity index (χ0n) is 13.9. The fourth-order valence-electron chi connectivity index (χ4n) is 2.32. The maximum absolute atomic E-state index is 11.7. The van der Waals surface area contributed by atoms with Gasteiger partial charge in [-0.1, -0.05) is 43.7 Å². The number of aromatic nitrogens is 3. The molecule has 25 heavy (non-hydrogen) atoms. The van der Waals surface area contributed by atoms with Gasteiger partial charge in [-0.25, -0.2) is 10.2 Å². The lowest BCUT2D eigenvalue weighted by atomic mass is 10.1. The van der Waals surface area contributed by atoms with Crippen LogP contribution in [0.2, 0.25) is 0 Å². The van der Waals surface area contributed by atoms with Crippen molar-refractivity contribution in [1.29, 1.82) is 0 Å². The second kappa shape index (κ2) is 8.05. The summed E-state index contributed by atoms with van der Waals surface area (Å²) >= 11 is 0. The van der Waals surface area contributed by atoms with Crippen LogP contribution in [-0.4, -0.2) is 27.9 Å². The zero-order chi connectivity index (χ0) is 17.5. The van der Waals surface area contributed by atoms with E-state index in [0.717, 1.165) is 23.8 Å². The number of hydrogen-bond donors (Lipinski definition) is 2. The number of nitrogens with one attached hydrogen (secondary N) is 2. The molecule has 3 aromatic rings. The van der Waals surface area contributed by atoms with Gasteiger partial charge < -0.3 is 4.74 Å². The number of carbonyl (C=O) groups excluding carboxylic acids is 1. The highest BCUT2D eigenvalue weighted by Crippen LogP contribution is 2.27. The smallest absolute Gasteiger partial charge is 0.425 e. The van der Waals surface area contributed by atoms with Gasteiger partial charge in [0.2, 0.25) is 0 Å². The number of benzene rings is 1. The predicted molar refractivity (Wildman–Crippen MR) is 95.8 cm³/mol. The molecule has 0 aliphatic carbocycles. The van der Waals surface area contributed by atoms with Gasteiger partial charge in [-0.05, 0) is 18.6 Å². The molecule has 2 aromatic heterocycles. The van der Waals surface area contributed by atoms with E-state index in [0.29, 0.717) is 23.6 Å². The molecular weight excluding hydrogens is 318 g/mol. The zero-order valence-corrected chi connectivity index (χ0v) is 13.9. The summed E-state index contributed by atoms with van der Waals surface area (Å²) in [6.45, 7) is 2.41. The first-order valence-corrected chi connectivity index (χ1v) is 8.15. The number of unbranched alkanes of at least 4 members (excludes halogenated alkanes) is 1. The SMILES string of the molecule is CCCCOC(=O)NNc1nnc(-c2ccccc2)c2ncccc12. The molecule has 0 atom stereocenters. The highest BCUT2D eigenvalue weighted by molar-refractivity contribution is 5.97. The molecule has 0 unspecified atom stereocenters. The molecule has 0 fully saturated rings. The topological polar surface area (TPSA) is 89.0 Å². The van der Waals surface area contributed by atoms with Gasteiger partial charge in [0, 0.05) is 17.1 Å². The summed E-state index contributed by atoms with van der Waals surface area (Å²) in [5, 5.41) is 9.20. The van der Waals surface area contributed by atoms with Crippen LogP contribution in [0.1, 0.15) is 19.8 Å². The average Bonchev–Trinajstić information content (AvgIpc) is 2.67. The summed E-state index contributed by atoms with van der Waals surface area (Å²) in [5.41, 5.74) is 7.54. The van der Waals surface area contributed by atoms with Gasteiger partial charge in [-0.15, -0.1) is 10.2 Å². The van der Waals surface area contributed by atoms with E-state index in [2.05, 4.69) is 26.0 Å². The monoisotopic (exact) mass is 337 g/mol. The van der Waals surface area contributed by atoms with Crippen molar-refractivity contribution in [2.24, 2.45) is 0 Å². The van der Waals surface area contributed by atoms with Gasteiger partial charge >= 0.3 is 6.09 Å². The van der Waals surface area contributed by atoms with Crippen molar-refractivity contribution in [2.75, 3.05) is 12.0 Å². The van der Waals surface area contributed by atoms with Crippen LogP contribution in [-0.2, 0) is 4.74 Å². The minimum absolute atomic E-state index is 0.380. The number of pyridine rings is 1. The highest BCUT2D eigenvalue weighted by atomic mass is 16.6. The predicted octanol–water partition coefficient (Wildman–Crippen LogP) is 3.55. The summed E-state index contributed by atoms with van der Waals surface area (Å²) < 4.78 is 5.03. The first kappa shape index (κ1) is 16.6. The molecule has 0 spiro atoms. The molecule has 2 N–H and O–H groups in total. The third-order valence-electron chi connectivity index (χ3n) is 3.60. The lowest BCUT2D eigenvalue weighted by molar-refractivity contribution is 0.146. The molecule has 0 bridgehead atoms. The number of anilines is 1. The van der Waals surface area contributed by atoms with Crippen LogP contribution in [0.15, 0.2) is 48.7 Å². The van der Waals surface area contributed by atoms with Gasteiger partial charge in [0.25, 0.3) is 0 Å². The van der Waals surface area contributed by atoms with Crippen LogP contribution >= 0.6 is 0 Å². The number of amides is 1. The first-order valence-electron chi connectivity index (χ1n) is 8.15. The van der Waals surface area contributed by atoms with Gasteiger partial charge in [0.15, 0.2) is 5.82 Å². The first-order chi connectivity index (χ1) is 12.3. The molecule has 0 saturated carbocycles. The molecule has 0 radical (unpaired) electrons. The lowest BCUT2D eigenvalue weighted by Gasteiger charge is -2.11. The van der Waals surface area contributed by atoms with Gasteiger partial charge in [0.05, 0.1) is 6.61 Å². The Morgan fingerprint density at radius 1 is 1.12 bits per heavy atom. The molecule has 7 nitrogen and oxygen atoms in total. The summed E-state index contributed by atoms with van der Waals surface area (Å²) in [4.78, 5) is 16.1. The van der Waals surface area contributed by atoms with Crippen molar-refractivity contribution in [3.63, 3.8) is 0 Å². The molecular formula is C18H19N5O2. The largest absolute Gasteiger partial charge is 0.448 e. The third-order valence-corrected chi connectivity index (χ3v) is 3.60. The van der Waals surface area contributed by atoms with Crippen molar-refractivity contribution in [2.45, 2.75) is 19.8 Å². The van der Waals surface area contributed by atoms with E-state index in [4.69, 9.17) is 4.74 Å².